The molecule has 2 aromatic rings. The molecular formula is C13H16N2OS. The lowest BCUT2D eigenvalue weighted by Gasteiger charge is -2.04. The molecule has 90 valence electrons. The highest BCUT2D eigenvalue weighted by Crippen LogP contribution is 2.24. The number of aliphatic hydroxyl groups excluding tert-OH is 1. The van der Waals surface area contributed by atoms with Crippen molar-refractivity contribution in [1.29, 1.82) is 0 Å². The van der Waals surface area contributed by atoms with Gasteiger partial charge in [0, 0.05) is 25.8 Å². The van der Waals surface area contributed by atoms with E-state index < -0.39 is 0 Å². The van der Waals surface area contributed by atoms with E-state index in [1.54, 1.807) is 18.1 Å². The largest absolute Gasteiger partial charge is 0.396 e. The smallest absolute Gasteiger partial charge is 0.118 e. The van der Waals surface area contributed by atoms with Crippen LogP contribution in [0.4, 0.5) is 0 Å². The number of hydrogen-bond acceptors (Lipinski definition) is 3. The second kappa shape index (κ2) is 5.89. The highest BCUT2D eigenvalue weighted by Gasteiger charge is 2.08. The minimum atomic E-state index is 0.165. The minimum absolute atomic E-state index is 0.165. The van der Waals surface area contributed by atoms with Crippen molar-refractivity contribution in [3.63, 3.8) is 0 Å². The third-order valence-electron chi connectivity index (χ3n) is 2.59. The van der Waals surface area contributed by atoms with Crippen molar-refractivity contribution in [2.24, 2.45) is 7.05 Å². The molecule has 0 spiro atoms. The van der Waals surface area contributed by atoms with Gasteiger partial charge in [-0.1, -0.05) is 42.1 Å². The molecule has 0 radical (unpaired) electrons. The van der Waals surface area contributed by atoms with Crippen LogP contribution in [0.15, 0.2) is 41.7 Å². The molecule has 3 nitrogen and oxygen atoms in total. The summed E-state index contributed by atoms with van der Waals surface area (Å²) in [7, 11) is 1.96. The van der Waals surface area contributed by atoms with Gasteiger partial charge in [0.2, 0.25) is 0 Å². The van der Waals surface area contributed by atoms with Crippen molar-refractivity contribution in [2.45, 2.75) is 17.2 Å². The molecule has 0 aliphatic carbocycles. The van der Waals surface area contributed by atoms with Gasteiger partial charge in [0.1, 0.15) is 5.03 Å². The van der Waals surface area contributed by atoms with Gasteiger partial charge in [-0.3, -0.25) is 0 Å². The van der Waals surface area contributed by atoms with E-state index >= 15 is 0 Å². The van der Waals surface area contributed by atoms with Crippen LogP contribution in [0, 0.1) is 0 Å². The molecular weight excluding hydrogens is 232 g/mol. The number of aromatic nitrogens is 2. The molecule has 4 heteroatoms. The lowest BCUT2D eigenvalue weighted by atomic mass is 10.2. The topological polar surface area (TPSA) is 38.0 Å². The Morgan fingerprint density at radius 3 is 2.76 bits per heavy atom. The second-order valence-corrected chi connectivity index (χ2v) is 4.82. The molecule has 1 heterocycles. The summed E-state index contributed by atoms with van der Waals surface area (Å²) in [4.78, 5) is 4.36. The molecule has 0 fully saturated rings. The zero-order valence-corrected chi connectivity index (χ0v) is 10.7. The standard InChI is InChI=1S/C13H16N2OS/c1-15-10-14-13(12(15)7-8-16)17-9-11-5-3-2-4-6-11/h2-6,10,16H,7-9H2,1H3. The molecule has 0 aliphatic rings. The fourth-order valence-electron chi connectivity index (χ4n) is 1.67. The van der Waals surface area contributed by atoms with E-state index in [0.717, 1.165) is 16.5 Å². The Hall–Kier alpha value is -1.26. The van der Waals surface area contributed by atoms with Crippen molar-refractivity contribution in [2.75, 3.05) is 6.61 Å². The average Bonchev–Trinajstić information content (AvgIpc) is 2.70. The summed E-state index contributed by atoms with van der Waals surface area (Å²) in [6.07, 6.45) is 2.46. The fraction of sp³-hybridized carbons (Fsp3) is 0.308. The highest BCUT2D eigenvalue weighted by atomic mass is 32.2. The molecule has 0 aliphatic heterocycles. The molecule has 0 amide bonds. The first-order chi connectivity index (χ1) is 8.31. The second-order valence-electron chi connectivity index (χ2n) is 3.86. The van der Waals surface area contributed by atoms with Crippen LogP contribution in [0.3, 0.4) is 0 Å². The number of aryl methyl sites for hydroxylation is 1. The summed E-state index contributed by atoms with van der Waals surface area (Å²) in [6.45, 7) is 0.165. The SMILES string of the molecule is Cn1cnc(SCc2ccccc2)c1CCO. The van der Waals surface area contributed by atoms with Crippen LogP contribution in [0.5, 0.6) is 0 Å². The first kappa shape index (κ1) is 12.2. The first-order valence-corrected chi connectivity index (χ1v) is 6.57. The normalized spacial score (nSPS) is 10.7. The average molecular weight is 248 g/mol. The van der Waals surface area contributed by atoms with Crippen LogP contribution >= 0.6 is 11.8 Å². The maximum Gasteiger partial charge on any atom is 0.118 e. The molecule has 0 unspecified atom stereocenters. The quantitative estimate of drug-likeness (QED) is 0.825. The number of imidazole rings is 1. The zero-order valence-electron chi connectivity index (χ0n) is 9.84. The molecule has 0 saturated carbocycles. The van der Waals surface area contributed by atoms with Gasteiger partial charge in [-0.2, -0.15) is 0 Å². The summed E-state index contributed by atoms with van der Waals surface area (Å²) < 4.78 is 1.98. The number of rotatable bonds is 5. The lowest BCUT2D eigenvalue weighted by Crippen LogP contribution is -1.99. The molecule has 1 aromatic heterocycles. The molecule has 0 saturated heterocycles. The van der Waals surface area contributed by atoms with Crippen LogP contribution in [-0.4, -0.2) is 21.3 Å². The molecule has 1 N–H and O–H groups in total. The van der Waals surface area contributed by atoms with Gasteiger partial charge >= 0.3 is 0 Å². The number of thioether (sulfide) groups is 1. The fourth-order valence-corrected chi connectivity index (χ4v) is 2.70. The van der Waals surface area contributed by atoms with Gasteiger partial charge in [0.05, 0.1) is 12.0 Å². The Morgan fingerprint density at radius 1 is 1.29 bits per heavy atom. The number of aliphatic hydroxyl groups is 1. The molecule has 17 heavy (non-hydrogen) atoms. The van der Waals surface area contributed by atoms with Gasteiger partial charge in [0.25, 0.3) is 0 Å². The van der Waals surface area contributed by atoms with Crippen molar-refractivity contribution in [1.82, 2.24) is 9.55 Å². The van der Waals surface area contributed by atoms with Crippen LogP contribution in [0.25, 0.3) is 0 Å². The van der Waals surface area contributed by atoms with Gasteiger partial charge in [0.15, 0.2) is 0 Å². The van der Waals surface area contributed by atoms with E-state index in [2.05, 4.69) is 17.1 Å². The summed E-state index contributed by atoms with van der Waals surface area (Å²) in [5, 5.41) is 10.0. The van der Waals surface area contributed by atoms with Crippen molar-refractivity contribution >= 4 is 11.8 Å². The van der Waals surface area contributed by atoms with E-state index in [1.165, 1.54) is 5.56 Å². The van der Waals surface area contributed by atoms with Crippen molar-refractivity contribution < 1.29 is 5.11 Å². The number of benzene rings is 1. The predicted octanol–water partition coefficient (Wildman–Crippen LogP) is 2.25. The molecule has 0 bridgehead atoms. The van der Waals surface area contributed by atoms with Gasteiger partial charge in [-0.25, -0.2) is 4.98 Å². The van der Waals surface area contributed by atoms with Gasteiger partial charge in [-0.05, 0) is 5.56 Å². The summed E-state index contributed by atoms with van der Waals surface area (Å²) in [5.74, 6) is 0.913. The molecule has 1 aromatic carbocycles. The predicted molar refractivity (Wildman–Crippen MR) is 70.0 cm³/mol. The third kappa shape index (κ3) is 3.11. The van der Waals surface area contributed by atoms with E-state index in [4.69, 9.17) is 5.11 Å². The van der Waals surface area contributed by atoms with E-state index in [1.807, 2.05) is 29.8 Å². The Labute approximate surface area is 106 Å². The summed E-state index contributed by atoms with van der Waals surface area (Å²) in [5.41, 5.74) is 2.39. The Bertz CT molecular complexity index is 468. The molecule has 2 rings (SSSR count). The monoisotopic (exact) mass is 248 g/mol. The Balaban J connectivity index is 2.04. The highest BCUT2D eigenvalue weighted by molar-refractivity contribution is 7.98. The summed E-state index contributed by atoms with van der Waals surface area (Å²) >= 11 is 1.72. The van der Waals surface area contributed by atoms with Crippen LogP contribution < -0.4 is 0 Å². The van der Waals surface area contributed by atoms with Crippen molar-refractivity contribution in [3.05, 3.63) is 47.9 Å². The van der Waals surface area contributed by atoms with E-state index in [9.17, 15) is 0 Å². The zero-order chi connectivity index (χ0) is 12.1. The van der Waals surface area contributed by atoms with Crippen molar-refractivity contribution in [3.8, 4) is 0 Å². The van der Waals surface area contributed by atoms with E-state index in [0.29, 0.717) is 6.42 Å². The summed E-state index contributed by atoms with van der Waals surface area (Å²) in [6, 6.07) is 10.3. The number of hydrogen-bond donors (Lipinski definition) is 1. The molecule has 0 atom stereocenters. The van der Waals surface area contributed by atoms with E-state index in [-0.39, 0.29) is 6.61 Å². The maximum atomic E-state index is 9.02. The number of nitrogens with zero attached hydrogens (tertiary/aromatic N) is 2. The van der Waals surface area contributed by atoms with Crippen LogP contribution in [-0.2, 0) is 19.2 Å². The van der Waals surface area contributed by atoms with Gasteiger partial charge < -0.3 is 9.67 Å². The lowest BCUT2D eigenvalue weighted by molar-refractivity contribution is 0.296. The maximum absolute atomic E-state index is 9.02. The first-order valence-electron chi connectivity index (χ1n) is 5.59. The van der Waals surface area contributed by atoms with Crippen LogP contribution in [0.2, 0.25) is 0 Å². The van der Waals surface area contributed by atoms with Crippen LogP contribution in [0.1, 0.15) is 11.3 Å². The Morgan fingerprint density at radius 2 is 2.06 bits per heavy atom. The third-order valence-corrected chi connectivity index (χ3v) is 3.68. The minimum Gasteiger partial charge on any atom is -0.396 e. The van der Waals surface area contributed by atoms with Gasteiger partial charge in [-0.15, -0.1) is 0 Å². The Kier molecular flexibility index (Phi) is 4.23.